The summed E-state index contributed by atoms with van der Waals surface area (Å²) in [7, 11) is 0. The van der Waals surface area contributed by atoms with Crippen molar-refractivity contribution in [3.8, 4) is 0 Å². The van der Waals surface area contributed by atoms with Gasteiger partial charge in [-0.05, 0) is 89.3 Å². The number of hydrogen-bond acceptors (Lipinski definition) is 7. The van der Waals surface area contributed by atoms with Gasteiger partial charge in [0.1, 0.15) is 0 Å². The molecule has 0 aromatic heterocycles. The topological polar surface area (TPSA) is 79.3 Å². The number of ether oxygens (including phenoxy) is 2. The summed E-state index contributed by atoms with van der Waals surface area (Å²) in [6.45, 7) is 22.6. The van der Waals surface area contributed by atoms with E-state index < -0.39 is 0 Å². The maximum atomic E-state index is 12.5. The Labute approximate surface area is 407 Å². The monoisotopic (exact) mass is 923 g/mol. The summed E-state index contributed by atoms with van der Waals surface area (Å²) in [6, 6.07) is 0. The predicted octanol–water partition coefficient (Wildman–Crippen LogP) is 16.9. The van der Waals surface area contributed by atoms with E-state index >= 15 is 0 Å². The minimum Gasteiger partial charge on any atom is -0.468 e. The van der Waals surface area contributed by atoms with Crippen molar-refractivity contribution in [3.05, 3.63) is 0 Å². The highest BCUT2D eigenvalue weighted by Crippen LogP contribution is 2.21. The molecule has 0 aromatic rings. The van der Waals surface area contributed by atoms with Gasteiger partial charge in [0.25, 0.3) is 6.47 Å². The molecule has 0 aliphatic rings. The van der Waals surface area contributed by atoms with Crippen LogP contribution >= 0.6 is 0 Å². The van der Waals surface area contributed by atoms with E-state index in [4.69, 9.17) is 9.47 Å². The Bertz CT molecular complexity index is 897. The van der Waals surface area contributed by atoms with Crippen LogP contribution < -0.4 is 0 Å². The van der Waals surface area contributed by atoms with Crippen LogP contribution in [0.25, 0.3) is 0 Å². The third-order valence-electron chi connectivity index (χ3n) is 13.6. The first kappa shape index (κ1) is 65.9. The van der Waals surface area contributed by atoms with Crippen LogP contribution in [-0.2, 0) is 19.1 Å². The molecule has 390 valence electrons. The van der Waals surface area contributed by atoms with Crippen molar-refractivity contribution in [2.45, 2.75) is 292 Å². The minimum absolute atomic E-state index is 0.0282. The fraction of sp³-hybridized carbons (Fsp3) is 0.966. The molecule has 2 unspecified atom stereocenters. The molecule has 1 N–H and O–H groups in total. The SMILES string of the molecule is CCCCCCCCC(CCCCCC)COC(=O)CCCCCCCN(CCCCCCCC)CCN(CCCC)CCCO.CCCCCCCCC(CCCCCC)COC=O. The molecule has 0 rings (SSSR count). The van der Waals surface area contributed by atoms with Gasteiger partial charge in [-0.25, -0.2) is 0 Å². The second-order valence-electron chi connectivity index (χ2n) is 20.1. The molecule has 0 spiro atoms. The third kappa shape index (κ3) is 52.0. The summed E-state index contributed by atoms with van der Waals surface area (Å²) in [5.74, 6) is 1.17. The number of aliphatic hydroxyl groups excluding tert-OH is 1. The quantitative estimate of drug-likeness (QED) is 0.0370. The van der Waals surface area contributed by atoms with Crippen molar-refractivity contribution >= 4 is 12.4 Å². The second kappa shape index (κ2) is 57.1. The van der Waals surface area contributed by atoms with E-state index in [2.05, 4.69) is 51.3 Å². The number of aliphatic hydroxyl groups is 1. The second-order valence-corrected chi connectivity index (χ2v) is 20.1. The molecule has 65 heavy (non-hydrogen) atoms. The maximum absolute atomic E-state index is 12.5. The Morgan fingerprint density at radius 2 is 0.723 bits per heavy atom. The van der Waals surface area contributed by atoms with Crippen molar-refractivity contribution < 1.29 is 24.2 Å². The molecule has 0 radical (unpaired) electrons. The number of esters is 1. The highest BCUT2D eigenvalue weighted by atomic mass is 16.5. The first-order chi connectivity index (χ1) is 31.9. The molecule has 0 aliphatic carbocycles. The zero-order chi connectivity index (χ0) is 47.9. The van der Waals surface area contributed by atoms with E-state index in [1.807, 2.05) is 0 Å². The molecule has 0 aromatic carbocycles. The Balaban J connectivity index is 0. The number of carbonyl (C=O) groups is 2. The largest absolute Gasteiger partial charge is 0.468 e. The minimum atomic E-state index is 0.0282. The molecule has 2 atom stereocenters. The fourth-order valence-corrected chi connectivity index (χ4v) is 9.11. The van der Waals surface area contributed by atoms with Crippen LogP contribution in [0.15, 0.2) is 0 Å². The van der Waals surface area contributed by atoms with Gasteiger partial charge in [0.15, 0.2) is 0 Å². The summed E-state index contributed by atoms with van der Waals surface area (Å²) < 4.78 is 10.8. The van der Waals surface area contributed by atoms with E-state index in [1.165, 1.54) is 238 Å². The Morgan fingerprint density at radius 1 is 0.400 bits per heavy atom. The van der Waals surface area contributed by atoms with E-state index in [-0.39, 0.29) is 5.97 Å². The number of carbonyl (C=O) groups excluding carboxylic acids is 2. The molecule has 7 heteroatoms. The van der Waals surface area contributed by atoms with Crippen LogP contribution in [0, 0.1) is 11.8 Å². The lowest BCUT2D eigenvalue weighted by Gasteiger charge is -2.28. The summed E-state index contributed by atoms with van der Waals surface area (Å²) in [5.41, 5.74) is 0. The van der Waals surface area contributed by atoms with Gasteiger partial charge in [-0.3, -0.25) is 9.59 Å². The summed E-state index contributed by atoms with van der Waals surface area (Å²) in [5, 5.41) is 9.34. The number of unbranched alkanes of at least 4 members (excludes halogenated alkanes) is 26. The lowest BCUT2D eigenvalue weighted by molar-refractivity contribution is -0.145. The summed E-state index contributed by atoms with van der Waals surface area (Å²) in [6.07, 6.45) is 49.3. The zero-order valence-corrected chi connectivity index (χ0v) is 45.1. The molecule has 0 bridgehead atoms. The molecule has 0 heterocycles. The van der Waals surface area contributed by atoms with Gasteiger partial charge in [0.05, 0.1) is 13.2 Å². The third-order valence-corrected chi connectivity index (χ3v) is 13.6. The molecular weight excluding hydrogens is 805 g/mol. The highest BCUT2D eigenvalue weighted by molar-refractivity contribution is 5.69. The van der Waals surface area contributed by atoms with Crippen molar-refractivity contribution in [2.24, 2.45) is 11.8 Å². The molecular formula is C58H118N2O5. The normalized spacial score (nSPS) is 12.4. The molecule has 0 fully saturated rings. The van der Waals surface area contributed by atoms with Gasteiger partial charge in [-0.15, -0.1) is 0 Å². The number of hydrogen-bond donors (Lipinski definition) is 1. The van der Waals surface area contributed by atoms with Gasteiger partial charge in [-0.2, -0.15) is 0 Å². The molecule has 0 aliphatic heterocycles. The van der Waals surface area contributed by atoms with Crippen LogP contribution in [0.4, 0.5) is 0 Å². The predicted molar refractivity (Wildman–Crippen MR) is 284 cm³/mol. The maximum Gasteiger partial charge on any atom is 0.305 e. The van der Waals surface area contributed by atoms with Gasteiger partial charge >= 0.3 is 5.97 Å². The van der Waals surface area contributed by atoms with Gasteiger partial charge in [0.2, 0.25) is 0 Å². The van der Waals surface area contributed by atoms with Gasteiger partial charge < -0.3 is 24.4 Å². The van der Waals surface area contributed by atoms with E-state index in [1.54, 1.807) is 0 Å². The lowest BCUT2D eigenvalue weighted by atomic mass is 9.95. The van der Waals surface area contributed by atoms with Crippen LogP contribution in [0.2, 0.25) is 0 Å². The average molecular weight is 924 g/mol. The zero-order valence-electron chi connectivity index (χ0n) is 45.1. The summed E-state index contributed by atoms with van der Waals surface area (Å²) in [4.78, 5) is 28.1. The van der Waals surface area contributed by atoms with Gasteiger partial charge in [-0.1, -0.05) is 228 Å². The van der Waals surface area contributed by atoms with Crippen molar-refractivity contribution in [1.29, 1.82) is 0 Å². The fourth-order valence-electron chi connectivity index (χ4n) is 9.11. The molecule has 0 amide bonds. The smallest absolute Gasteiger partial charge is 0.305 e. The molecule has 7 nitrogen and oxygen atoms in total. The van der Waals surface area contributed by atoms with E-state index in [0.717, 1.165) is 45.4 Å². The lowest BCUT2D eigenvalue weighted by Crippen LogP contribution is -2.37. The summed E-state index contributed by atoms with van der Waals surface area (Å²) >= 11 is 0. The van der Waals surface area contributed by atoms with Crippen molar-refractivity contribution in [3.63, 3.8) is 0 Å². The van der Waals surface area contributed by atoms with Crippen LogP contribution in [-0.4, -0.2) is 86.4 Å². The number of rotatable bonds is 53. The Morgan fingerprint density at radius 3 is 1.12 bits per heavy atom. The number of nitrogens with zero attached hydrogens (tertiary/aromatic N) is 2. The highest BCUT2D eigenvalue weighted by Gasteiger charge is 2.14. The Kier molecular flexibility index (Phi) is 57.9. The van der Waals surface area contributed by atoms with Gasteiger partial charge in [0, 0.05) is 32.7 Å². The van der Waals surface area contributed by atoms with Crippen LogP contribution in [0.5, 0.6) is 0 Å². The Hall–Kier alpha value is -1.18. The average Bonchev–Trinajstić information content (AvgIpc) is 3.32. The molecule has 0 saturated heterocycles. The molecule has 0 saturated carbocycles. The first-order valence-corrected chi connectivity index (χ1v) is 29.2. The standard InChI is InChI=1S/C41H84N2O3.C17H34O2/c1-5-9-13-16-19-24-30-40(29-23-15-11-7-3)39-46-41(45)31-25-20-18-22-27-34-43(33-26-21-17-14-10-6-2)37-36-42(32-12-8-4)35-28-38-44;1-3-5-7-9-10-12-14-17(15-19-16-18)13-11-8-6-4-2/h40,44H,5-39H2,1-4H3;16-17H,3-15H2,1-2H3. The van der Waals surface area contributed by atoms with Crippen molar-refractivity contribution in [2.75, 3.05) is 59.1 Å². The van der Waals surface area contributed by atoms with Crippen LogP contribution in [0.3, 0.4) is 0 Å². The van der Waals surface area contributed by atoms with E-state index in [9.17, 15) is 14.7 Å². The van der Waals surface area contributed by atoms with Crippen LogP contribution in [0.1, 0.15) is 292 Å². The first-order valence-electron chi connectivity index (χ1n) is 29.2. The van der Waals surface area contributed by atoms with E-state index in [0.29, 0.717) is 44.5 Å². The van der Waals surface area contributed by atoms with Crippen molar-refractivity contribution in [1.82, 2.24) is 9.80 Å².